The lowest BCUT2D eigenvalue weighted by Gasteiger charge is -1.93. The molecule has 0 unspecified atom stereocenters. The van der Waals surface area contributed by atoms with Crippen LogP contribution in [0.25, 0.3) is 0 Å². The second-order valence-electron chi connectivity index (χ2n) is 2.73. The molecule has 0 radical (unpaired) electrons. The highest BCUT2D eigenvalue weighted by atomic mass is 19.4. The fourth-order valence-corrected chi connectivity index (χ4v) is 0.698. The van der Waals surface area contributed by atoms with Crippen molar-refractivity contribution >= 4 is 5.97 Å². The Hall–Kier alpha value is -2.03. The summed E-state index contributed by atoms with van der Waals surface area (Å²) in [4.78, 5) is 8.90. The molecule has 6 heteroatoms. The van der Waals surface area contributed by atoms with Gasteiger partial charge in [0.2, 0.25) is 0 Å². The highest BCUT2D eigenvalue weighted by Crippen LogP contribution is 2.13. The number of benzene rings is 1. The van der Waals surface area contributed by atoms with Crippen LogP contribution in [0.15, 0.2) is 24.3 Å². The van der Waals surface area contributed by atoms with Gasteiger partial charge in [-0.05, 0) is 18.6 Å². The molecule has 1 N–H and O–H groups in total. The van der Waals surface area contributed by atoms with Crippen molar-refractivity contribution in [2.24, 2.45) is 0 Å². The third kappa shape index (κ3) is 5.00. The zero-order valence-corrected chi connectivity index (χ0v) is 8.25. The zero-order valence-electron chi connectivity index (χ0n) is 8.25. The SMILES string of the molecule is Cc1ccccc1C#N.O=C(O)C(F)(F)F. The van der Waals surface area contributed by atoms with E-state index >= 15 is 0 Å². The summed E-state index contributed by atoms with van der Waals surface area (Å²) in [7, 11) is 0. The number of nitrogens with zero attached hydrogens (tertiary/aromatic N) is 1. The smallest absolute Gasteiger partial charge is 0.475 e. The van der Waals surface area contributed by atoms with Crippen LogP contribution in [0.1, 0.15) is 11.1 Å². The third-order valence-electron chi connectivity index (χ3n) is 1.51. The minimum absolute atomic E-state index is 0.762. The first-order valence-corrected chi connectivity index (χ1v) is 4.05. The van der Waals surface area contributed by atoms with Gasteiger partial charge < -0.3 is 5.11 Å². The third-order valence-corrected chi connectivity index (χ3v) is 1.51. The molecule has 16 heavy (non-hydrogen) atoms. The van der Waals surface area contributed by atoms with E-state index in [-0.39, 0.29) is 0 Å². The zero-order chi connectivity index (χ0) is 12.8. The van der Waals surface area contributed by atoms with Gasteiger partial charge in [-0.25, -0.2) is 4.79 Å². The van der Waals surface area contributed by atoms with Crippen molar-refractivity contribution in [3.05, 3.63) is 35.4 Å². The molecule has 0 saturated carbocycles. The van der Waals surface area contributed by atoms with Gasteiger partial charge in [0.25, 0.3) is 0 Å². The summed E-state index contributed by atoms with van der Waals surface area (Å²) in [6, 6.07) is 9.63. The second kappa shape index (κ2) is 5.75. The largest absolute Gasteiger partial charge is 0.490 e. The quantitative estimate of drug-likeness (QED) is 0.746. The van der Waals surface area contributed by atoms with Gasteiger partial charge in [-0.2, -0.15) is 18.4 Å². The van der Waals surface area contributed by atoms with Crippen LogP contribution < -0.4 is 0 Å². The van der Waals surface area contributed by atoms with Gasteiger partial charge in [0.05, 0.1) is 11.6 Å². The summed E-state index contributed by atoms with van der Waals surface area (Å²) in [6.45, 7) is 1.93. The number of halogens is 3. The molecule has 1 aromatic rings. The topological polar surface area (TPSA) is 61.1 Å². The van der Waals surface area contributed by atoms with E-state index in [0.717, 1.165) is 11.1 Å². The highest BCUT2D eigenvalue weighted by Gasteiger charge is 2.38. The molecule has 3 nitrogen and oxygen atoms in total. The van der Waals surface area contributed by atoms with Crippen LogP contribution in [-0.2, 0) is 4.79 Å². The van der Waals surface area contributed by atoms with Crippen LogP contribution in [0.3, 0.4) is 0 Å². The Morgan fingerprint density at radius 2 is 1.81 bits per heavy atom. The van der Waals surface area contributed by atoms with E-state index in [2.05, 4.69) is 6.07 Å². The average molecular weight is 231 g/mol. The van der Waals surface area contributed by atoms with E-state index in [9.17, 15) is 13.2 Å². The molecule has 0 aliphatic rings. The molecule has 0 aromatic heterocycles. The lowest BCUT2D eigenvalue weighted by Crippen LogP contribution is -2.21. The molecule has 0 heterocycles. The lowest BCUT2D eigenvalue weighted by molar-refractivity contribution is -0.192. The molecule has 0 saturated heterocycles. The first-order chi connectivity index (χ1) is 7.29. The van der Waals surface area contributed by atoms with Gasteiger partial charge in [-0.1, -0.05) is 18.2 Å². The molecule has 0 amide bonds. The van der Waals surface area contributed by atoms with E-state index in [1.165, 1.54) is 0 Å². The molecule has 0 spiro atoms. The van der Waals surface area contributed by atoms with E-state index in [0.29, 0.717) is 0 Å². The predicted molar refractivity (Wildman–Crippen MR) is 49.6 cm³/mol. The van der Waals surface area contributed by atoms with Gasteiger partial charge in [0.15, 0.2) is 0 Å². The fraction of sp³-hybridized carbons (Fsp3) is 0.200. The predicted octanol–water partition coefficient (Wildman–Crippen LogP) is 2.50. The van der Waals surface area contributed by atoms with Crippen molar-refractivity contribution < 1.29 is 23.1 Å². The minimum atomic E-state index is -5.08. The first-order valence-electron chi connectivity index (χ1n) is 4.05. The number of rotatable bonds is 0. The van der Waals surface area contributed by atoms with Gasteiger partial charge >= 0.3 is 12.1 Å². The molecule has 0 bridgehead atoms. The van der Waals surface area contributed by atoms with Crippen molar-refractivity contribution in [3.63, 3.8) is 0 Å². The Morgan fingerprint density at radius 3 is 2.06 bits per heavy atom. The van der Waals surface area contributed by atoms with Crippen molar-refractivity contribution in [2.45, 2.75) is 13.1 Å². The molecular weight excluding hydrogens is 223 g/mol. The molecule has 0 aliphatic carbocycles. The number of alkyl halides is 3. The van der Waals surface area contributed by atoms with E-state index in [1.54, 1.807) is 0 Å². The summed E-state index contributed by atoms with van der Waals surface area (Å²) >= 11 is 0. The molecule has 86 valence electrons. The fourth-order valence-electron chi connectivity index (χ4n) is 0.698. The number of nitriles is 1. The van der Waals surface area contributed by atoms with Gasteiger partial charge in [-0.15, -0.1) is 0 Å². The Balaban J connectivity index is 0.000000293. The average Bonchev–Trinajstić information content (AvgIpc) is 2.18. The minimum Gasteiger partial charge on any atom is -0.475 e. The summed E-state index contributed by atoms with van der Waals surface area (Å²) < 4.78 is 31.7. The summed E-state index contributed by atoms with van der Waals surface area (Å²) in [5, 5.41) is 15.6. The van der Waals surface area contributed by atoms with Crippen LogP contribution in [0.2, 0.25) is 0 Å². The van der Waals surface area contributed by atoms with E-state index in [4.69, 9.17) is 15.2 Å². The number of aliphatic carboxylic acids is 1. The van der Waals surface area contributed by atoms with Crippen molar-refractivity contribution in [1.82, 2.24) is 0 Å². The first kappa shape index (κ1) is 14.0. The summed E-state index contributed by atoms with van der Waals surface area (Å²) in [5.41, 5.74) is 1.80. The Bertz CT molecular complexity index is 407. The summed E-state index contributed by atoms with van der Waals surface area (Å²) in [5.74, 6) is -2.76. The van der Waals surface area contributed by atoms with Crippen molar-refractivity contribution in [3.8, 4) is 6.07 Å². The van der Waals surface area contributed by atoms with Crippen LogP contribution in [-0.4, -0.2) is 17.3 Å². The van der Waals surface area contributed by atoms with Crippen molar-refractivity contribution in [1.29, 1.82) is 5.26 Å². The molecular formula is C10H8F3NO2. The second-order valence-corrected chi connectivity index (χ2v) is 2.73. The maximum Gasteiger partial charge on any atom is 0.490 e. The lowest BCUT2D eigenvalue weighted by atomic mass is 10.1. The van der Waals surface area contributed by atoms with Crippen LogP contribution in [0, 0.1) is 18.3 Å². The monoisotopic (exact) mass is 231 g/mol. The molecule has 0 aliphatic heterocycles. The number of hydrogen-bond donors (Lipinski definition) is 1. The normalized spacial score (nSPS) is 9.69. The Morgan fingerprint density at radius 1 is 1.38 bits per heavy atom. The Labute approximate surface area is 89.7 Å². The number of carboxylic acid groups (broad SMARTS) is 1. The maximum atomic E-state index is 10.6. The number of aryl methyl sites for hydroxylation is 1. The molecule has 0 fully saturated rings. The van der Waals surface area contributed by atoms with E-state index < -0.39 is 12.1 Å². The van der Waals surface area contributed by atoms with Crippen LogP contribution in [0.4, 0.5) is 13.2 Å². The Kier molecular flexibility index (Phi) is 5.02. The standard InChI is InChI=1S/C8H7N.C2HF3O2/c1-7-4-2-3-5-8(7)6-9;3-2(4,5)1(6)7/h2-5H,1H3;(H,6,7). The molecule has 0 atom stereocenters. The molecule has 1 rings (SSSR count). The van der Waals surface area contributed by atoms with Crippen LogP contribution >= 0.6 is 0 Å². The highest BCUT2D eigenvalue weighted by molar-refractivity contribution is 5.73. The van der Waals surface area contributed by atoms with Crippen LogP contribution in [0.5, 0.6) is 0 Å². The summed E-state index contributed by atoms with van der Waals surface area (Å²) in [6.07, 6.45) is -5.08. The number of carboxylic acids is 1. The van der Waals surface area contributed by atoms with Gasteiger partial charge in [0.1, 0.15) is 0 Å². The van der Waals surface area contributed by atoms with E-state index in [1.807, 2.05) is 31.2 Å². The maximum absolute atomic E-state index is 10.6. The van der Waals surface area contributed by atoms with Gasteiger partial charge in [-0.3, -0.25) is 0 Å². The van der Waals surface area contributed by atoms with Crippen molar-refractivity contribution in [2.75, 3.05) is 0 Å². The van der Waals surface area contributed by atoms with Gasteiger partial charge in [0, 0.05) is 0 Å². The molecule has 1 aromatic carbocycles. The number of hydrogen-bond acceptors (Lipinski definition) is 2. The number of carbonyl (C=O) groups is 1.